The minimum absolute atomic E-state index is 0. The Morgan fingerprint density at radius 3 is 2.20 bits per heavy atom. The van der Waals surface area contributed by atoms with Gasteiger partial charge in [-0.05, 0) is 54.8 Å². The zero-order valence-corrected chi connectivity index (χ0v) is 20.2. The lowest BCUT2D eigenvalue weighted by Gasteiger charge is -2.30. The van der Waals surface area contributed by atoms with E-state index in [-0.39, 0.29) is 7.43 Å². The molecule has 6 heteroatoms. The highest BCUT2D eigenvalue weighted by molar-refractivity contribution is 5.91. The van der Waals surface area contributed by atoms with Gasteiger partial charge >= 0.3 is 0 Å². The van der Waals surface area contributed by atoms with E-state index in [1.54, 1.807) is 7.11 Å². The zero-order chi connectivity index (χ0) is 23.5. The van der Waals surface area contributed by atoms with Crippen LogP contribution < -0.4 is 20.3 Å². The van der Waals surface area contributed by atoms with Crippen LogP contribution in [0, 0.1) is 0 Å². The fourth-order valence-corrected chi connectivity index (χ4v) is 5.01. The fraction of sp³-hybridized carbons (Fsp3) is 0.379. The Morgan fingerprint density at radius 1 is 0.829 bits per heavy atom. The van der Waals surface area contributed by atoms with E-state index in [2.05, 4.69) is 64.1 Å². The van der Waals surface area contributed by atoms with Crippen molar-refractivity contribution in [3.8, 4) is 5.75 Å². The molecule has 1 aliphatic carbocycles. The standard InChI is InChI=1S/C28H33N5O.CH4/c1-33(2)27-24-10-6-7-11-25(24)31-28(32-27)30-21-15-13-20(14-16-21)29-18-19-12-17-26(34-3)23-9-5-4-8-22(19)23;/h4-12,17,20-21,29H,13-16,18H2,1-3H3,(H,30,31,32);1H4. The van der Waals surface area contributed by atoms with Crippen LogP contribution in [0.15, 0.2) is 60.7 Å². The van der Waals surface area contributed by atoms with Crippen LogP contribution in [0.3, 0.4) is 0 Å². The van der Waals surface area contributed by atoms with E-state index >= 15 is 0 Å². The molecule has 5 rings (SSSR count). The van der Waals surface area contributed by atoms with Gasteiger partial charge in [0.05, 0.1) is 12.6 Å². The molecule has 0 saturated heterocycles. The fourth-order valence-electron chi connectivity index (χ4n) is 5.01. The molecule has 0 atom stereocenters. The molecule has 0 spiro atoms. The quantitative estimate of drug-likeness (QED) is 0.344. The zero-order valence-electron chi connectivity index (χ0n) is 20.2. The maximum Gasteiger partial charge on any atom is 0.225 e. The number of nitrogens with zero attached hydrogens (tertiary/aromatic N) is 3. The smallest absolute Gasteiger partial charge is 0.225 e. The molecule has 4 aromatic rings. The number of methoxy groups -OCH3 is 1. The summed E-state index contributed by atoms with van der Waals surface area (Å²) in [4.78, 5) is 11.6. The third-order valence-electron chi connectivity index (χ3n) is 6.84. The molecule has 1 saturated carbocycles. The van der Waals surface area contributed by atoms with Crippen molar-refractivity contribution in [2.75, 3.05) is 31.4 Å². The van der Waals surface area contributed by atoms with Crippen molar-refractivity contribution in [1.82, 2.24) is 15.3 Å². The van der Waals surface area contributed by atoms with Gasteiger partial charge in [0, 0.05) is 43.5 Å². The third kappa shape index (κ3) is 5.33. The number of rotatable bonds is 7. The van der Waals surface area contributed by atoms with E-state index in [0.29, 0.717) is 12.1 Å². The molecule has 0 amide bonds. The second-order valence-corrected chi connectivity index (χ2v) is 9.33. The number of ether oxygens (including phenoxy) is 1. The summed E-state index contributed by atoms with van der Waals surface area (Å²) in [5, 5.41) is 10.9. The lowest BCUT2D eigenvalue weighted by Crippen LogP contribution is -2.37. The monoisotopic (exact) mass is 471 g/mol. The predicted octanol–water partition coefficient (Wildman–Crippen LogP) is 6.01. The van der Waals surface area contributed by atoms with Gasteiger partial charge in [-0.1, -0.05) is 49.9 Å². The van der Waals surface area contributed by atoms with Crippen LogP contribution in [-0.2, 0) is 6.54 Å². The second-order valence-electron chi connectivity index (χ2n) is 9.33. The molecule has 6 nitrogen and oxygen atoms in total. The molecule has 0 radical (unpaired) electrons. The molecular formula is C29H37N5O. The van der Waals surface area contributed by atoms with Gasteiger partial charge in [0.15, 0.2) is 0 Å². The first-order valence-electron chi connectivity index (χ1n) is 12.1. The maximum absolute atomic E-state index is 5.54. The third-order valence-corrected chi connectivity index (χ3v) is 6.84. The van der Waals surface area contributed by atoms with Crippen molar-refractivity contribution >= 4 is 33.4 Å². The van der Waals surface area contributed by atoms with Crippen LogP contribution in [0.25, 0.3) is 21.7 Å². The average molecular weight is 472 g/mol. The van der Waals surface area contributed by atoms with Crippen LogP contribution in [0.2, 0.25) is 0 Å². The summed E-state index contributed by atoms with van der Waals surface area (Å²) in [7, 11) is 5.79. The van der Waals surface area contributed by atoms with E-state index in [9.17, 15) is 0 Å². The van der Waals surface area contributed by atoms with Crippen LogP contribution >= 0.6 is 0 Å². The molecule has 0 bridgehead atoms. The minimum atomic E-state index is 0. The van der Waals surface area contributed by atoms with Crippen molar-refractivity contribution < 1.29 is 4.74 Å². The SMILES string of the molecule is C.COc1ccc(CNC2CCC(Nc3nc(N(C)C)c4ccccc4n3)CC2)c2ccccc12. The van der Waals surface area contributed by atoms with E-state index in [1.165, 1.54) is 16.3 Å². The van der Waals surface area contributed by atoms with Gasteiger partial charge in [0.2, 0.25) is 5.95 Å². The summed E-state index contributed by atoms with van der Waals surface area (Å²) in [6, 6.07) is 21.9. The van der Waals surface area contributed by atoms with Crippen molar-refractivity contribution in [1.29, 1.82) is 0 Å². The Hall–Kier alpha value is -3.38. The topological polar surface area (TPSA) is 62.3 Å². The van der Waals surface area contributed by atoms with E-state index in [0.717, 1.165) is 60.6 Å². The lowest BCUT2D eigenvalue weighted by atomic mass is 9.91. The molecule has 0 aliphatic heterocycles. The van der Waals surface area contributed by atoms with Crippen molar-refractivity contribution in [3.63, 3.8) is 0 Å². The van der Waals surface area contributed by atoms with Crippen LogP contribution in [0.1, 0.15) is 38.7 Å². The Balaban J connectivity index is 0.00000289. The largest absolute Gasteiger partial charge is 0.496 e. The summed E-state index contributed by atoms with van der Waals surface area (Å²) < 4.78 is 5.54. The van der Waals surface area contributed by atoms with Gasteiger partial charge in [-0.2, -0.15) is 4.98 Å². The minimum Gasteiger partial charge on any atom is -0.496 e. The van der Waals surface area contributed by atoms with Crippen molar-refractivity contribution in [2.45, 2.75) is 51.7 Å². The number of aromatic nitrogens is 2. The summed E-state index contributed by atoms with van der Waals surface area (Å²) in [5.41, 5.74) is 2.29. The summed E-state index contributed by atoms with van der Waals surface area (Å²) in [6.45, 7) is 0.868. The van der Waals surface area contributed by atoms with Gasteiger partial charge in [-0.15, -0.1) is 0 Å². The Labute approximate surface area is 208 Å². The lowest BCUT2D eigenvalue weighted by molar-refractivity contribution is 0.352. The first kappa shape index (κ1) is 24.7. The number of anilines is 2. The first-order chi connectivity index (χ1) is 16.6. The molecule has 1 aromatic heterocycles. The molecule has 2 N–H and O–H groups in total. The average Bonchev–Trinajstić information content (AvgIpc) is 2.87. The number of benzene rings is 3. The van der Waals surface area contributed by atoms with Crippen LogP contribution in [0.5, 0.6) is 5.75 Å². The van der Waals surface area contributed by atoms with Gasteiger partial charge in [0.1, 0.15) is 11.6 Å². The highest BCUT2D eigenvalue weighted by Gasteiger charge is 2.22. The molecule has 1 heterocycles. The van der Waals surface area contributed by atoms with Gasteiger partial charge in [-0.25, -0.2) is 4.98 Å². The number of para-hydroxylation sites is 1. The van der Waals surface area contributed by atoms with E-state index < -0.39 is 0 Å². The van der Waals surface area contributed by atoms with Gasteiger partial charge in [0.25, 0.3) is 0 Å². The van der Waals surface area contributed by atoms with Crippen LogP contribution in [-0.4, -0.2) is 43.3 Å². The molecule has 35 heavy (non-hydrogen) atoms. The molecule has 1 aliphatic rings. The summed E-state index contributed by atoms with van der Waals surface area (Å²) >= 11 is 0. The van der Waals surface area contributed by atoms with E-state index in [1.807, 2.05) is 26.2 Å². The Bertz CT molecular complexity index is 1280. The molecule has 184 valence electrons. The Morgan fingerprint density at radius 2 is 1.49 bits per heavy atom. The highest BCUT2D eigenvalue weighted by Crippen LogP contribution is 2.29. The first-order valence-corrected chi connectivity index (χ1v) is 12.1. The van der Waals surface area contributed by atoms with Crippen molar-refractivity contribution in [3.05, 3.63) is 66.2 Å². The highest BCUT2D eigenvalue weighted by atomic mass is 16.5. The van der Waals surface area contributed by atoms with Crippen molar-refractivity contribution in [2.24, 2.45) is 0 Å². The number of hydrogen-bond acceptors (Lipinski definition) is 6. The number of hydrogen-bond donors (Lipinski definition) is 2. The molecule has 1 fully saturated rings. The summed E-state index contributed by atoms with van der Waals surface area (Å²) in [5.74, 6) is 2.61. The van der Waals surface area contributed by atoms with E-state index in [4.69, 9.17) is 14.7 Å². The molecule has 3 aromatic carbocycles. The molecular weight excluding hydrogens is 434 g/mol. The Kier molecular flexibility index (Phi) is 7.71. The second kappa shape index (κ2) is 10.9. The maximum atomic E-state index is 5.54. The predicted molar refractivity (Wildman–Crippen MR) is 148 cm³/mol. The molecule has 0 unspecified atom stereocenters. The number of nitrogens with one attached hydrogen (secondary N) is 2. The normalized spacial score (nSPS) is 17.7. The van der Waals surface area contributed by atoms with Gasteiger partial charge in [-0.3, -0.25) is 0 Å². The van der Waals surface area contributed by atoms with Crippen LogP contribution in [0.4, 0.5) is 11.8 Å². The number of fused-ring (bicyclic) bond motifs is 2. The summed E-state index contributed by atoms with van der Waals surface area (Å²) in [6.07, 6.45) is 4.49. The van der Waals surface area contributed by atoms with Gasteiger partial charge < -0.3 is 20.3 Å².